The van der Waals surface area contributed by atoms with Gasteiger partial charge < -0.3 is 15.6 Å². The average Bonchev–Trinajstić information content (AvgIpc) is 2.44. The molecule has 3 rings (SSSR count). The number of fused-ring (bicyclic) bond motifs is 1. The van der Waals surface area contributed by atoms with Crippen LogP contribution >= 0.6 is 11.6 Å². The van der Waals surface area contributed by atoms with E-state index in [-0.39, 0.29) is 11.6 Å². The summed E-state index contributed by atoms with van der Waals surface area (Å²) in [6.07, 6.45) is 0. The van der Waals surface area contributed by atoms with Gasteiger partial charge in [-0.2, -0.15) is 0 Å². The van der Waals surface area contributed by atoms with Gasteiger partial charge >= 0.3 is 5.97 Å². The molecule has 2 aromatic carbocycles. The third-order valence-corrected chi connectivity index (χ3v) is 3.17. The summed E-state index contributed by atoms with van der Waals surface area (Å²) in [5.74, 6) is -0.464. The van der Waals surface area contributed by atoms with Crippen molar-refractivity contribution in [3.8, 4) is 16.9 Å². The molecule has 21 heavy (non-hydrogen) atoms. The molecule has 110 valence electrons. The van der Waals surface area contributed by atoms with Gasteiger partial charge in [0.05, 0.1) is 11.6 Å². The molecular formula is C15H13ClFNO3. The van der Waals surface area contributed by atoms with Crippen LogP contribution in [-0.4, -0.2) is 17.6 Å². The number of halogens is 2. The Hall–Kier alpha value is -2.11. The van der Waals surface area contributed by atoms with E-state index in [0.717, 1.165) is 16.9 Å². The first-order valence-corrected chi connectivity index (χ1v) is 6.52. The molecule has 0 spiro atoms. The Labute approximate surface area is 125 Å². The summed E-state index contributed by atoms with van der Waals surface area (Å²) in [6, 6.07) is 10.7. The van der Waals surface area contributed by atoms with E-state index in [1.165, 1.54) is 11.6 Å². The Kier molecular flexibility index (Phi) is 4.77. The molecule has 0 saturated carbocycles. The van der Waals surface area contributed by atoms with Gasteiger partial charge in [0.15, 0.2) is 0 Å². The second-order valence-electron chi connectivity index (χ2n) is 4.34. The topological polar surface area (TPSA) is 72.5 Å². The highest BCUT2D eigenvalue weighted by Gasteiger charge is 2.15. The van der Waals surface area contributed by atoms with E-state index in [1.54, 1.807) is 12.1 Å². The minimum atomic E-state index is -0.968. The summed E-state index contributed by atoms with van der Waals surface area (Å²) >= 11 is 5.74. The number of carbonyl (C=O) groups is 1. The average molecular weight is 310 g/mol. The predicted octanol–water partition coefficient (Wildman–Crippen LogP) is 3.07. The Morgan fingerprint density at radius 3 is 2.38 bits per heavy atom. The van der Waals surface area contributed by atoms with Gasteiger partial charge in [-0.3, -0.25) is 4.79 Å². The van der Waals surface area contributed by atoms with E-state index in [0.29, 0.717) is 6.61 Å². The third-order valence-electron chi connectivity index (χ3n) is 2.88. The fourth-order valence-corrected chi connectivity index (χ4v) is 1.92. The van der Waals surface area contributed by atoms with Crippen LogP contribution in [-0.2, 0) is 11.4 Å². The minimum Gasteiger partial charge on any atom is -0.488 e. The van der Waals surface area contributed by atoms with Crippen LogP contribution in [0, 0.1) is 5.82 Å². The zero-order valence-electron chi connectivity index (χ0n) is 11.0. The van der Waals surface area contributed by atoms with Crippen molar-refractivity contribution < 1.29 is 19.0 Å². The number of aliphatic carboxylic acids is 1. The Morgan fingerprint density at radius 2 is 1.90 bits per heavy atom. The number of rotatable bonds is 2. The normalized spacial score (nSPS) is 11.4. The van der Waals surface area contributed by atoms with Crippen LogP contribution in [0.4, 0.5) is 4.39 Å². The third kappa shape index (κ3) is 3.71. The molecule has 4 nitrogen and oxygen atoms in total. The lowest BCUT2D eigenvalue weighted by Crippen LogP contribution is -2.10. The van der Waals surface area contributed by atoms with Gasteiger partial charge in [0.2, 0.25) is 0 Å². The van der Waals surface area contributed by atoms with Crippen molar-refractivity contribution >= 4 is 17.6 Å². The van der Waals surface area contributed by atoms with Crippen molar-refractivity contribution in [3.63, 3.8) is 0 Å². The van der Waals surface area contributed by atoms with Gasteiger partial charge in [-0.1, -0.05) is 29.8 Å². The van der Waals surface area contributed by atoms with Crippen molar-refractivity contribution in [1.29, 1.82) is 0 Å². The maximum Gasteiger partial charge on any atom is 0.317 e. The van der Waals surface area contributed by atoms with Gasteiger partial charge in [-0.25, -0.2) is 4.39 Å². The van der Waals surface area contributed by atoms with E-state index >= 15 is 0 Å². The first kappa shape index (κ1) is 15.3. The van der Waals surface area contributed by atoms with Gasteiger partial charge in [0, 0.05) is 5.56 Å². The van der Waals surface area contributed by atoms with E-state index in [9.17, 15) is 9.18 Å². The summed E-state index contributed by atoms with van der Waals surface area (Å²) in [5, 5.41) is 7.74. The molecule has 0 saturated heterocycles. The zero-order valence-corrected chi connectivity index (χ0v) is 11.7. The number of benzene rings is 2. The molecule has 6 heteroatoms. The SMILES string of the molecule is Fc1ccc(-c2ccc3c(c2)OC3)cc1Cl.NCC(=O)O. The number of carboxylic acid groups (broad SMARTS) is 1. The smallest absolute Gasteiger partial charge is 0.317 e. The van der Waals surface area contributed by atoms with Crippen molar-refractivity contribution in [2.75, 3.05) is 6.54 Å². The first-order valence-electron chi connectivity index (χ1n) is 6.14. The van der Waals surface area contributed by atoms with Gasteiger partial charge in [-0.05, 0) is 29.3 Å². The highest BCUT2D eigenvalue weighted by atomic mass is 35.5. The summed E-state index contributed by atoms with van der Waals surface area (Å²) in [4.78, 5) is 9.24. The predicted molar refractivity (Wildman–Crippen MR) is 77.9 cm³/mol. The van der Waals surface area contributed by atoms with E-state index in [4.69, 9.17) is 21.4 Å². The van der Waals surface area contributed by atoms with Crippen LogP contribution in [0.5, 0.6) is 5.75 Å². The molecule has 0 bridgehead atoms. The summed E-state index contributed by atoms with van der Waals surface area (Å²) < 4.78 is 18.3. The summed E-state index contributed by atoms with van der Waals surface area (Å²) in [7, 11) is 0. The van der Waals surface area contributed by atoms with Crippen LogP contribution in [0.25, 0.3) is 11.1 Å². The maximum atomic E-state index is 13.0. The Morgan fingerprint density at radius 1 is 1.29 bits per heavy atom. The number of hydrogen-bond donors (Lipinski definition) is 2. The van der Waals surface area contributed by atoms with E-state index in [1.807, 2.05) is 18.2 Å². The molecule has 0 fully saturated rings. The van der Waals surface area contributed by atoms with Crippen molar-refractivity contribution in [1.82, 2.24) is 0 Å². The maximum absolute atomic E-state index is 13.0. The first-order chi connectivity index (χ1) is 10.0. The monoisotopic (exact) mass is 309 g/mol. The number of nitrogens with two attached hydrogens (primary N) is 1. The highest BCUT2D eigenvalue weighted by Crippen LogP contribution is 2.34. The zero-order chi connectivity index (χ0) is 15.4. The fraction of sp³-hybridized carbons (Fsp3) is 0.133. The molecule has 0 amide bonds. The van der Waals surface area contributed by atoms with Crippen LogP contribution in [0.15, 0.2) is 36.4 Å². The molecule has 3 N–H and O–H groups in total. The highest BCUT2D eigenvalue weighted by molar-refractivity contribution is 6.31. The number of hydrogen-bond acceptors (Lipinski definition) is 3. The van der Waals surface area contributed by atoms with Crippen LogP contribution in [0.3, 0.4) is 0 Å². The number of carboxylic acids is 1. The molecule has 0 aromatic heterocycles. The molecular weight excluding hydrogens is 297 g/mol. The van der Waals surface area contributed by atoms with E-state index < -0.39 is 11.8 Å². The van der Waals surface area contributed by atoms with Gasteiger partial charge in [-0.15, -0.1) is 0 Å². The molecule has 1 heterocycles. The molecule has 1 aliphatic heterocycles. The van der Waals surface area contributed by atoms with Crippen LogP contribution < -0.4 is 10.5 Å². The minimum absolute atomic E-state index is 0.140. The van der Waals surface area contributed by atoms with Crippen LogP contribution in [0.2, 0.25) is 5.02 Å². The number of ether oxygens (including phenoxy) is 1. The lowest BCUT2D eigenvalue weighted by Gasteiger charge is -2.20. The van der Waals surface area contributed by atoms with Crippen LogP contribution in [0.1, 0.15) is 5.56 Å². The van der Waals surface area contributed by atoms with Crippen molar-refractivity contribution in [2.45, 2.75) is 6.61 Å². The van der Waals surface area contributed by atoms with Crippen molar-refractivity contribution in [2.24, 2.45) is 5.73 Å². The Bertz CT molecular complexity index is 638. The molecule has 1 aliphatic rings. The molecule has 0 atom stereocenters. The standard InChI is InChI=1S/C13H8ClFO.C2H5NO2/c14-11-5-8(3-4-12(11)15)9-1-2-10-7-16-13(10)6-9;3-1-2(4)5/h1-6H,7H2;1,3H2,(H,4,5). The lowest BCUT2D eigenvalue weighted by atomic mass is 10.0. The molecule has 2 aromatic rings. The molecule has 0 unspecified atom stereocenters. The largest absolute Gasteiger partial charge is 0.488 e. The second-order valence-corrected chi connectivity index (χ2v) is 4.75. The second kappa shape index (κ2) is 6.56. The lowest BCUT2D eigenvalue weighted by molar-refractivity contribution is -0.135. The quantitative estimate of drug-likeness (QED) is 0.894. The fourth-order valence-electron chi connectivity index (χ4n) is 1.74. The summed E-state index contributed by atoms with van der Waals surface area (Å²) in [5.41, 5.74) is 7.66. The van der Waals surface area contributed by atoms with Gasteiger partial charge in [0.25, 0.3) is 0 Å². The summed E-state index contributed by atoms with van der Waals surface area (Å²) in [6.45, 7) is 0.403. The van der Waals surface area contributed by atoms with E-state index in [2.05, 4.69) is 5.73 Å². The Balaban J connectivity index is 0.000000282. The van der Waals surface area contributed by atoms with Gasteiger partial charge in [0.1, 0.15) is 18.2 Å². The molecule has 0 aliphatic carbocycles. The molecule has 0 radical (unpaired) electrons. The van der Waals surface area contributed by atoms with Crippen molar-refractivity contribution in [3.05, 3.63) is 52.8 Å².